The Morgan fingerprint density at radius 1 is 1.00 bits per heavy atom. The van der Waals surface area contributed by atoms with Crippen molar-refractivity contribution in [2.24, 2.45) is 0 Å². The van der Waals surface area contributed by atoms with Crippen LogP contribution >= 0.6 is 0 Å². The number of hydrogen-bond donors (Lipinski definition) is 1. The first-order valence-corrected chi connectivity index (χ1v) is 7.12. The minimum atomic E-state index is 0.462. The van der Waals surface area contributed by atoms with E-state index in [1.54, 1.807) is 0 Å². The summed E-state index contributed by atoms with van der Waals surface area (Å²) in [6, 6.07) is 14.9. The Kier molecular flexibility index (Phi) is 4.80. The Balaban J connectivity index is 2.22. The fourth-order valence-electron chi connectivity index (χ4n) is 2.00. The molecule has 0 aliphatic rings. The summed E-state index contributed by atoms with van der Waals surface area (Å²) in [4.78, 5) is 0. The minimum absolute atomic E-state index is 0.462. The van der Waals surface area contributed by atoms with Crippen LogP contribution in [0.1, 0.15) is 30.5 Å². The summed E-state index contributed by atoms with van der Waals surface area (Å²) in [5, 5.41) is 3.43. The van der Waals surface area contributed by atoms with Crippen molar-refractivity contribution in [3.8, 4) is 11.5 Å². The van der Waals surface area contributed by atoms with Crippen LogP contribution in [0.2, 0.25) is 0 Å². The van der Waals surface area contributed by atoms with Gasteiger partial charge in [-0.15, -0.1) is 0 Å². The van der Waals surface area contributed by atoms with Crippen LogP contribution in [0.15, 0.2) is 42.5 Å². The topological polar surface area (TPSA) is 21.3 Å². The molecule has 0 saturated carbocycles. The van der Waals surface area contributed by atoms with E-state index in [0.717, 1.165) is 23.6 Å². The molecule has 0 radical (unpaired) electrons. The van der Waals surface area contributed by atoms with E-state index in [9.17, 15) is 0 Å². The maximum absolute atomic E-state index is 6.11. The molecule has 0 atom stereocenters. The number of para-hydroxylation sites is 1. The molecular formula is C18H23NO. The van der Waals surface area contributed by atoms with Crippen LogP contribution in [0, 0.1) is 13.8 Å². The summed E-state index contributed by atoms with van der Waals surface area (Å²) in [5.74, 6) is 1.86. The van der Waals surface area contributed by atoms with Crippen molar-refractivity contribution in [2.45, 2.75) is 40.3 Å². The lowest BCUT2D eigenvalue weighted by Crippen LogP contribution is -2.22. The number of nitrogens with one attached hydrogen (secondary N) is 1. The van der Waals surface area contributed by atoms with Gasteiger partial charge in [-0.1, -0.05) is 44.2 Å². The van der Waals surface area contributed by atoms with Gasteiger partial charge in [0, 0.05) is 18.2 Å². The summed E-state index contributed by atoms with van der Waals surface area (Å²) < 4.78 is 6.11. The Labute approximate surface area is 121 Å². The molecule has 0 aromatic heterocycles. The van der Waals surface area contributed by atoms with E-state index < -0.39 is 0 Å². The standard InChI is InChI=1S/C18H23NO/c1-13(2)19-12-16-7-5-6-8-17(16)20-18-11-14(3)9-10-15(18)4/h5-11,13,19H,12H2,1-4H3. The van der Waals surface area contributed by atoms with E-state index in [0.29, 0.717) is 6.04 Å². The van der Waals surface area contributed by atoms with E-state index in [1.807, 2.05) is 18.2 Å². The van der Waals surface area contributed by atoms with Gasteiger partial charge in [0.05, 0.1) is 0 Å². The third-order valence-corrected chi connectivity index (χ3v) is 3.24. The average Bonchev–Trinajstić information content (AvgIpc) is 2.42. The molecular weight excluding hydrogens is 246 g/mol. The largest absolute Gasteiger partial charge is 0.457 e. The van der Waals surface area contributed by atoms with Crippen LogP contribution in [0.25, 0.3) is 0 Å². The first kappa shape index (κ1) is 14.6. The van der Waals surface area contributed by atoms with Crippen molar-refractivity contribution < 1.29 is 4.74 Å². The Bertz CT molecular complexity index is 575. The van der Waals surface area contributed by atoms with Crippen LogP contribution in [0.4, 0.5) is 0 Å². The van der Waals surface area contributed by atoms with Gasteiger partial charge in [-0.25, -0.2) is 0 Å². The SMILES string of the molecule is Cc1ccc(C)c(Oc2ccccc2CNC(C)C)c1. The second-order valence-corrected chi connectivity index (χ2v) is 5.51. The molecule has 0 saturated heterocycles. The molecule has 0 heterocycles. The molecule has 0 amide bonds. The number of hydrogen-bond acceptors (Lipinski definition) is 2. The van der Waals surface area contributed by atoms with Gasteiger partial charge in [0.2, 0.25) is 0 Å². The van der Waals surface area contributed by atoms with Crippen LogP contribution in [-0.4, -0.2) is 6.04 Å². The van der Waals surface area contributed by atoms with Crippen LogP contribution in [0.3, 0.4) is 0 Å². The third kappa shape index (κ3) is 3.84. The third-order valence-electron chi connectivity index (χ3n) is 3.24. The Hall–Kier alpha value is -1.80. The summed E-state index contributed by atoms with van der Waals surface area (Å²) in [7, 11) is 0. The van der Waals surface area contributed by atoms with E-state index in [1.165, 1.54) is 11.1 Å². The summed E-state index contributed by atoms with van der Waals surface area (Å²) >= 11 is 0. The van der Waals surface area contributed by atoms with E-state index in [4.69, 9.17) is 4.74 Å². The highest BCUT2D eigenvalue weighted by Crippen LogP contribution is 2.28. The zero-order valence-corrected chi connectivity index (χ0v) is 12.7. The summed E-state index contributed by atoms with van der Waals surface area (Å²) in [6.45, 7) is 9.27. The highest BCUT2D eigenvalue weighted by atomic mass is 16.5. The molecule has 0 aliphatic carbocycles. The lowest BCUT2D eigenvalue weighted by Gasteiger charge is -2.15. The highest BCUT2D eigenvalue weighted by molar-refractivity contribution is 5.42. The van der Waals surface area contributed by atoms with Crippen molar-refractivity contribution in [1.82, 2.24) is 5.32 Å². The maximum atomic E-state index is 6.11. The molecule has 0 spiro atoms. The van der Waals surface area contributed by atoms with Crippen molar-refractivity contribution >= 4 is 0 Å². The molecule has 1 N–H and O–H groups in total. The molecule has 106 valence electrons. The molecule has 20 heavy (non-hydrogen) atoms. The van der Waals surface area contributed by atoms with Crippen molar-refractivity contribution in [3.05, 3.63) is 59.2 Å². The second-order valence-electron chi connectivity index (χ2n) is 5.51. The van der Waals surface area contributed by atoms with E-state index in [2.05, 4.69) is 57.3 Å². The monoisotopic (exact) mass is 269 g/mol. The summed E-state index contributed by atoms with van der Waals surface area (Å²) in [6.07, 6.45) is 0. The second kappa shape index (κ2) is 6.58. The zero-order valence-electron chi connectivity index (χ0n) is 12.7. The van der Waals surface area contributed by atoms with Crippen LogP contribution in [-0.2, 0) is 6.54 Å². The Morgan fingerprint density at radius 2 is 1.75 bits per heavy atom. The zero-order chi connectivity index (χ0) is 14.5. The highest BCUT2D eigenvalue weighted by Gasteiger charge is 2.07. The quantitative estimate of drug-likeness (QED) is 0.857. The first-order chi connectivity index (χ1) is 9.56. The van der Waals surface area contributed by atoms with Gasteiger partial charge in [0.1, 0.15) is 11.5 Å². The molecule has 2 heteroatoms. The molecule has 0 aliphatic heterocycles. The molecule has 0 bridgehead atoms. The van der Waals surface area contributed by atoms with Crippen LogP contribution < -0.4 is 10.1 Å². The number of aryl methyl sites for hydroxylation is 2. The maximum Gasteiger partial charge on any atom is 0.131 e. The summed E-state index contributed by atoms with van der Waals surface area (Å²) in [5.41, 5.74) is 3.55. The lowest BCUT2D eigenvalue weighted by atomic mass is 10.1. The molecule has 2 aromatic carbocycles. The molecule has 2 aromatic rings. The van der Waals surface area contributed by atoms with E-state index >= 15 is 0 Å². The first-order valence-electron chi connectivity index (χ1n) is 7.12. The average molecular weight is 269 g/mol. The molecule has 2 rings (SSSR count). The van der Waals surface area contributed by atoms with E-state index in [-0.39, 0.29) is 0 Å². The van der Waals surface area contributed by atoms with Gasteiger partial charge in [0.15, 0.2) is 0 Å². The van der Waals surface area contributed by atoms with Crippen LogP contribution in [0.5, 0.6) is 11.5 Å². The predicted molar refractivity (Wildman–Crippen MR) is 84.4 cm³/mol. The van der Waals surface area contributed by atoms with Gasteiger partial charge in [-0.3, -0.25) is 0 Å². The molecule has 0 unspecified atom stereocenters. The minimum Gasteiger partial charge on any atom is -0.457 e. The predicted octanol–water partition coefficient (Wildman–Crippen LogP) is 4.59. The molecule has 0 fully saturated rings. The molecule has 2 nitrogen and oxygen atoms in total. The van der Waals surface area contributed by atoms with Gasteiger partial charge in [-0.2, -0.15) is 0 Å². The van der Waals surface area contributed by atoms with Gasteiger partial charge < -0.3 is 10.1 Å². The number of ether oxygens (including phenoxy) is 1. The smallest absolute Gasteiger partial charge is 0.131 e. The number of rotatable bonds is 5. The van der Waals surface area contributed by atoms with Gasteiger partial charge in [-0.05, 0) is 37.1 Å². The number of benzene rings is 2. The van der Waals surface area contributed by atoms with Gasteiger partial charge in [0.25, 0.3) is 0 Å². The van der Waals surface area contributed by atoms with Gasteiger partial charge >= 0.3 is 0 Å². The normalized spacial score (nSPS) is 10.8. The lowest BCUT2D eigenvalue weighted by molar-refractivity contribution is 0.466. The van der Waals surface area contributed by atoms with Crippen molar-refractivity contribution in [2.75, 3.05) is 0 Å². The fourth-order valence-corrected chi connectivity index (χ4v) is 2.00. The fraction of sp³-hybridized carbons (Fsp3) is 0.333. The van der Waals surface area contributed by atoms with Crippen molar-refractivity contribution in [1.29, 1.82) is 0 Å². The van der Waals surface area contributed by atoms with Crippen molar-refractivity contribution in [3.63, 3.8) is 0 Å². The Morgan fingerprint density at radius 3 is 2.50 bits per heavy atom.